The Balaban J connectivity index is 1.39. The summed E-state index contributed by atoms with van der Waals surface area (Å²) in [7, 11) is -4.10. The van der Waals surface area contributed by atoms with E-state index in [1.165, 1.54) is 41.7 Å². The van der Waals surface area contributed by atoms with Crippen molar-refractivity contribution >= 4 is 54.9 Å². The van der Waals surface area contributed by atoms with E-state index in [0.717, 1.165) is 22.3 Å². The minimum Gasteiger partial charge on any atom is -0.323 e. The molecular formula is C22H15F2N3O3S2. The van der Waals surface area contributed by atoms with Gasteiger partial charge in [0, 0.05) is 17.5 Å². The highest BCUT2D eigenvalue weighted by atomic mass is 32.2. The molecule has 0 radical (unpaired) electrons. The molecule has 3 aromatic carbocycles. The van der Waals surface area contributed by atoms with Crippen LogP contribution in [0.5, 0.6) is 0 Å². The number of amides is 1. The summed E-state index contributed by atoms with van der Waals surface area (Å²) in [4.78, 5) is 16.2. The third kappa shape index (κ3) is 4.98. The Morgan fingerprint density at radius 1 is 0.938 bits per heavy atom. The molecular weight excluding hydrogens is 456 g/mol. The van der Waals surface area contributed by atoms with Gasteiger partial charge in [0.15, 0.2) is 11.6 Å². The number of sulfonamides is 1. The molecule has 0 atom stereocenters. The summed E-state index contributed by atoms with van der Waals surface area (Å²) in [6, 6.07) is 15.8. The molecule has 4 rings (SSSR count). The van der Waals surface area contributed by atoms with Crippen molar-refractivity contribution in [2.24, 2.45) is 0 Å². The van der Waals surface area contributed by atoms with Crippen LogP contribution in [0.25, 0.3) is 16.3 Å². The zero-order valence-corrected chi connectivity index (χ0v) is 17.9. The normalized spacial score (nSPS) is 11.7. The predicted octanol–water partition coefficient (Wildman–Crippen LogP) is 5.03. The Kier molecular flexibility index (Phi) is 5.97. The van der Waals surface area contributed by atoms with Crippen LogP contribution in [0, 0.1) is 11.6 Å². The van der Waals surface area contributed by atoms with Crippen molar-refractivity contribution in [3.8, 4) is 0 Å². The molecule has 0 aliphatic carbocycles. The number of nitrogens with one attached hydrogen (secondary N) is 2. The number of para-hydroxylation sites is 1. The van der Waals surface area contributed by atoms with E-state index in [2.05, 4.69) is 15.0 Å². The molecule has 0 aliphatic heterocycles. The van der Waals surface area contributed by atoms with E-state index in [4.69, 9.17) is 0 Å². The summed E-state index contributed by atoms with van der Waals surface area (Å²) >= 11 is 1.47. The number of carbonyl (C=O) groups is 1. The van der Waals surface area contributed by atoms with E-state index in [-0.39, 0.29) is 11.6 Å². The average Bonchev–Trinajstić information content (AvgIpc) is 3.18. The summed E-state index contributed by atoms with van der Waals surface area (Å²) in [6.45, 7) is 0. The van der Waals surface area contributed by atoms with Gasteiger partial charge >= 0.3 is 0 Å². The predicted molar refractivity (Wildman–Crippen MR) is 121 cm³/mol. The fraction of sp³-hybridized carbons (Fsp3) is 0. The Morgan fingerprint density at radius 3 is 2.38 bits per heavy atom. The van der Waals surface area contributed by atoms with E-state index in [0.29, 0.717) is 16.8 Å². The monoisotopic (exact) mass is 471 g/mol. The maximum absolute atomic E-state index is 13.3. The molecule has 32 heavy (non-hydrogen) atoms. The number of halogens is 2. The van der Waals surface area contributed by atoms with Crippen LogP contribution < -0.4 is 10.0 Å². The molecule has 0 saturated heterocycles. The fourth-order valence-corrected chi connectivity index (χ4v) is 4.71. The topological polar surface area (TPSA) is 88.2 Å². The third-order valence-corrected chi connectivity index (χ3v) is 6.67. The van der Waals surface area contributed by atoms with Crippen molar-refractivity contribution in [1.82, 2.24) is 4.98 Å². The average molecular weight is 472 g/mol. The number of fused-ring (bicyclic) bond motifs is 1. The summed E-state index contributed by atoms with van der Waals surface area (Å²) in [5.74, 6) is -2.77. The van der Waals surface area contributed by atoms with Crippen molar-refractivity contribution in [2.75, 3.05) is 10.0 Å². The summed E-state index contributed by atoms with van der Waals surface area (Å²) in [5.41, 5.74) is 1.50. The molecule has 0 unspecified atom stereocenters. The number of anilines is 2. The van der Waals surface area contributed by atoms with Crippen LogP contribution in [0.15, 0.2) is 77.7 Å². The number of hydrogen-bond donors (Lipinski definition) is 2. The smallest absolute Gasteiger partial charge is 0.261 e. The SMILES string of the molecule is O=C(/C=C/c1nc2ccccc2s1)Nc1ccc(NS(=O)(=O)c2ccc(F)c(F)c2)cc1. The van der Waals surface area contributed by atoms with Gasteiger partial charge in [-0.1, -0.05) is 12.1 Å². The molecule has 4 aromatic rings. The molecule has 0 spiro atoms. The summed E-state index contributed by atoms with van der Waals surface area (Å²) in [6.07, 6.45) is 2.97. The molecule has 0 aliphatic rings. The number of thiazole rings is 1. The van der Waals surface area contributed by atoms with E-state index in [1.807, 2.05) is 24.3 Å². The first kappa shape index (κ1) is 21.6. The maximum atomic E-state index is 13.3. The van der Waals surface area contributed by atoms with Gasteiger partial charge in [0.2, 0.25) is 5.91 Å². The number of benzene rings is 3. The number of carbonyl (C=O) groups excluding carboxylic acids is 1. The number of hydrogen-bond acceptors (Lipinski definition) is 5. The van der Waals surface area contributed by atoms with Gasteiger partial charge < -0.3 is 5.32 Å². The van der Waals surface area contributed by atoms with Crippen LogP contribution in [0.2, 0.25) is 0 Å². The standard InChI is InChI=1S/C22H15F2N3O3S2/c23-17-10-9-16(13-18(17)24)32(29,30)27-15-7-5-14(6-8-15)25-21(28)11-12-22-26-19-3-1-2-4-20(19)31-22/h1-13,27H,(H,25,28)/b12-11+. The van der Waals surface area contributed by atoms with Gasteiger partial charge in [-0.3, -0.25) is 9.52 Å². The molecule has 10 heteroatoms. The fourth-order valence-electron chi connectivity index (χ4n) is 2.77. The second-order valence-corrected chi connectivity index (χ2v) is 9.35. The number of aromatic nitrogens is 1. The lowest BCUT2D eigenvalue weighted by atomic mass is 10.3. The molecule has 2 N–H and O–H groups in total. The highest BCUT2D eigenvalue weighted by Crippen LogP contribution is 2.23. The molecule has 6 nitrogen and oxygen atoms in total. The van der Waals surface area contributed by atoms with Crippen molar-refractivity contribution in [1.29, 1.82) is 0 Å². The summed E-state index contributed by atoms with van der Waals surface area (Å²) < 4.78 is 54.3. The number of rotatable bonds is 6. The van der Waals surface area contributed by atoms with Crippen LogP contribution in [0.4, 0.5) is 20.2 Å². The van der Waals surface area contributed by atoms with Crippen molar-refractivity contribution in [2.45, 2.75) is 4.90 Å². The van der Waals surface area contributed by atoms with Gasteiger partial charge in [0.05, 0.1) is 15.1 Å². The molecule has 0 saturated carbocycles. The first-order valence-corrected chi connectivity index (χ1v) is 11.5. The Hall–Kier alpha value is -3.63. The quantitative estimate of drug-likeness (QED) is 0.386. The molecule has 1 aromatic heterocycles. The van der Waals surface area contributed by atoms with Gasteiger partial charge in [0.25, 0.3) is 10.0 Å². The van der Waals surface area contributed by atoms with Gasteiger partial charge in [-0.2, -0.15) is 0 Å². The number of nitrogens with zero attached hydrogens (tertiary/aromatic N) is 1. The first-order valence-electron chi connectivity index (χ1n) is 9.23. The largest absolute Gasteiger partial charge is 0.323 e. The van der Waals surface area contributed by atoms with Crippen molar-refractivity contribution in [3.63, 3.8) is 0 Å². The van der Waals surface area contributed by atoms with Crippen LogP contribution in [0.1, 0.15) is 5.01 Å². The van der Waals surface area contributed by atoms with E-state index in [9.17, 15) is 22.0 Å². The maximum Gasteiger partial charge on any atom is 0.261 e. The lowest BCUT2D eigenvalue weighted by Crippen LogP contribution is -2.13. The summed E-state index contributed by atoms with van der Waals surface area (Å²) in [5, 5.41) is 3.36. The molecule has 1 heterocycles. The lowest BCUT2D eigenvalue weighted by molar-refractivity contribution is -0.111. The van der Waals surface area contributed by atoms with Crippen molar-refractivity contribution < 1.29 is 22.0 Å². The first-order chi connectivity index (χ1) is 15.3. The zero-order valence-electron chi connectivity index (χ0n) is 16.2. The van der Waals surface area contributed by atoms with Gasteiger partial charge in [-0.15, -0.1) is 11.3 Å². The minimum absolute atomic E-state index is 0.192. The van der Waals surface area contributed by atoms with Crippen LogP contribution >= 0.6 is 11.3 Å². The van der Waals surface area contributed by atoms with E-state index < -0.39 is 26.6 Å². The van der Waals surface area contributed by atoms with Crippen molar-refractivity contribution in [3.05, 3.63) is 89.4 Å². The van der Waals surface area contributed by atoms with Crippen LogP contribution in [-0.4, -0.2) is 19.3 Å². The highest BCUT2D eigenvalue weighted by molar-refractivity contribution is 7.92. The van der Waals surface area contributed by atoms with Gasteiger partial charge in [0.1, 0.15) is 5.01 Å². The second-order valence-electron chi connectivity index (χ2n) is 6.60. The lowest BCUT2D eigenvalue weighted by Gasteiger charge is -2.09. The van der Waals surface area contributed by atoms with Gasteiger partial charge in [-0.05, 0) is 60.7 Å². The highest BCUT2D eigenvalue weighted by Gasteiger charge is 2.16. The molecule has 0 bridgehead atoms. The van der Waals surface area contributed by atoms with Gasteiger partial charge in [-0.25, -0.2) is 22.2 Å². The molecule has 0 fully saturated rings. The Bertz CT molecular complexity index is 1400. The minimum atomic E-state index is -4.10. The Labute approximate surface area is 186 Å². The Morgan fingerprint density at radius 2 is 1.66 bits per heavy atom. The van der Waals surface area contributed by atoms with Crippen LogP contribution in [0.3, 0.4) is 0 Å². The molecule has 1 amide bonds. The second kappa shape index (κ2) is 8.85. The van der Waals surface area contributed by atoms with E-state index >= 15 is 0 Å². The zero-order chi connectivity index (χ0) is 22.7. The third-order valence-electron chi connectivity index (χ3n) is 4.29. The molecule has 162 valence electrons. The van der Waals surface area contributed by atoms with Crippen LogP contribution in [-0.2, 0) is 14.8 Å². The van der Waals surface area contributed by atoms with E-state index in [1.54, 1.807) is 6.08 Å².